The zero-order valence-electron chi connectivity index (χ0n) is 19.1. The Balaban J connectivity index is 1.42. The highest BCUT2D eigenvalue weighted by atomic mass is 79.9. The molecule has 35 heavy (non-hydrogen) atoms. The molecule has 0 atom stereocenters. The number of aromatic nitrogens is 1. The van der Waals surface area contributed by atoms with Crippen molar-refractivity contribution in [1.82, 2.24) is 4.57 Å². The molecule has 6 rings (SSSR count). The van der Waals surface area contributed by atoms with E-state index in [4.69, 9.17) is 0 Å². The first-order valence-corrected chi connectivity index (χ1v) is 12.4. The lowest BCUT2D eigenvalue weighted by Gasteiger charge is -2.26. The minimum Gasteiger partial charge on any atom is -0.317 e. The van der Waals surface area contributed by atoms with E-state index in [1.807, 2.05) is 6.07 Å². The highest BCUT2D eigenvalue weighted by Gasteiger charge is 2.14. The van der Waals surface area contributed by atoms with Crippen LogP contribution in [0, 0.1) is 0 Å². The van der Waals surface area contributed by atoms with Gasteiger partial charge in [-0.15, -0.1) is 0 Å². The van der Waals surface area contributed by atoms with Crippen LogP contribution < -0.4 is 4.90 Å². The standard InChI is InChI=1S/C32H23BrN2/c33-27-15-11-24(12-16-27)25-13-17-30(18-14-25)35(29-9-5-2-6-10-29)31-19-20-32-26(23-31)21-22-34(32)28-7-3-1-4-8-28/h1-23H. The second-order valence-electron chi connectivity index (χ2n) is 8.49. The van der Waals surface area contributed by atoms with Gasteiger partial charge >= 0.3 is 0 Å². The molecule has 0 radical (unpaired) electrons. The minimum absolute atomic E-state index is 1.09. The van der Waals surface area contributed by atoms with Gasteiger partial charge in [-0.05, 0) is 83.9 Å². The van der Waals surface area contributed by atoms with Crippen molar-refractivity contribution in [2.45, 2.75) is 0 Å². The molecule has 2 nitrogen and oxygen atoms in total. The molecular weight excluding hydrogens is 492 g/mol. The van der Waals surface area contributed by atoms with Crippen molar-refractivity contribution in [2.24, 2.45) is 0 Å². The summed E-state index contributed by atoms with van der Waals surface area (Å²) in [4.78, 5) is 2.31. The molecule has 5 aromatic carbocycles. The van der Waals surface area contributed by atoms with Crippen LogP contribution in [0.1, 0.15) is 0 Å². The number of fused-ring (bicyclic) bond motifs is 1. The largest absolute Gasteiger partial charge is 0.317 e. The summed E-state index contributed by atoms with van der Waals surface area (Å²) in [6.07, 6.45) is 2.14. The molecule has 0 amide bonds. The second kappa shape index (κ2) is 9.28. The van der Waals surface area contributed by atoms with Gasteiger partial charge in [-0.2, -0.15) is 0 Å². The average molecular weight is 515 g/mol. The predicted octanol–water partition coefficient (Wildman–Crippen LogP) is 9.53. The van der Waals surface area contributed by atoms with Crippen molar-refractivity contribution in [3.05, 3.63) is 144 Å². The van der Waals surface area contributed by atoms with Gasteiger partial charge in [0.05, 0.1) is 5.52 Å². The number of nitrogens with zero attached hydrogens (tertiary/aromatic N) is 2. The normalized spacial score (nSPS) is 11.0. The highest BCUT2D eigenvalue weighted by Crippen LogP contribution is 2.37. The SMILES string of the molecule is Brc1ccc(-c2ccc(N(c3ccccc3)c3ccc4c(ccn4-c4ccccc4)c3)cc2)cc1. The van der Waals surface area contributed by atoms with Gasteiger partial charge in [0.25, 0.3) is 0 Å². The molecule has 0 fully saturated rings. The van der Waals surface area contributed by atoms with Gasteiger partial charge in [0.2, 0.25) is 0 Å². The van der Waals surface area contributed by atoms with Crippen LogP contribution in [0.4, 0.5) is 17.1 Å². The summed E-state index contributed by atoms with van der Waals surface area (Å²) in [5, 5.41) is 1.21. The van der Waals surface area contributed by atoms with Gasteiger partial charge in [-0.1, -0.05) is 76.6 Å². The smallest absolute Gasteiger partial charge is 0.0529 e. The molecule has 0 aliphatic heterocycles. The van der Waals surface area contributed by atoms with Crippen LogP contribution in [0.15, 0.2) is 144 Å². The van der Waals surface area contributed by atoms with Crippen LogP contribution in [0.2, 0.25) is 0 Å². The number of anilines is 3. The van der Waals surface area contributed by atoms with Crippen LogP contribution in [-0.2, 0) is 0 Å². The maximum absolute atomic E-state index is 3.52. The molecule has 6 aromatic rings. The number of hydrogen-bond donors (Lipinski definition) is 0. The monoisotopic (exact) mass is 514 g/mol. The van der Waals surface area contributed by atoms with Crippen LogP contribution >= 0.6 is 15.9 Å². The Morgan fingerprint density at radius 2 is 1.09 bits per heavy atom. The fourth-order valence-electron chi connectivity index (χ4n) is 4.55. The van der Waals surface area contributed by atoms with Gasteiger partial charge in [-0.25, -0.2) is 0 Å². The van der Waals surface area contributed by atoms with Crippen molar-refractivity contribution in [1.29, 1.82) is 0 Å². The molecule has 1 heterocycles. The van der Waals surface area contributed by atoms with Crippen molar-refractivity contribution in [3.8, 4) is 16.8 Å². The van der Waals surface area contributed by atoms with E-state index in [1.165, 1.54) is 27.7 Å². The average Bonchev–Trinajstić information content (AvgIpc) is 3.34. The van der Waals surface area contributed by atoms with Crippen LogP contribution in [-0.4, -0.2) is 4.57 Å². The lowest BCUT2D eigenvalue weighted by Crippen LogP contribution is -2.09. The highest BCUT2D eigenvalue weighted by molar-refractivity contribution is 9.10. The Hall–Kier alpha value is -4.08. The molecular formula is C32H23BrN2. The van der Waals surface area contributed by atoms with Crippen molar-refractivity contribution >= 4 is 43.9 Å². The fraction of sp³-hybridized carbons (Fsp3) is 0. The number of halogens is 1. The topological polar surface area (TPSA) is 8.17 Å². The molecule has 0 spiro atoms. The predicted molar refractivity (Wildman–Crippen MR) is 151 cm³/mol. The van der Waals surface area contributed by atoms with E-state index >= 15 is 0 Å². The first kappa shape index (κ1) is 21.5. The van der Waals surface area contributed by atoms with E-state index in [1.54, 1.807) is 0 Å². The van der Waals surface area contributed by atoms with E-state index in [0.29, 0.717) is 0 Å². The number of benzene rings is 5. The summed E-state index contributed by atoms with van der Waals surface area (Å²) < 4.78 is 3.32. The third-order valence-electron chi connectivity index (χ3n) is 6.28. The van der Waals surface area contributed by atoms with E-state index in [0.717, 1.165) is 21.5 Å². The molecule has 1 aromatic heterocycles. The molecule has 0 unspecified atom stereocenters. The summed E-state index contributed by atoms with van der Waals surface area (Å²) in [5.41, 5.74) is 8.15. The van der Waals surface area contributed by atoms with Gasteiger partial charge < -0.3 is 9.47 Å². The lowest BCUT2D eigenvalue weighted by molar-refractivity contribution is 1.13. The summed E-state index contributed by atoms with van der Waals surface area (Å²) in [7, 11) is 0. The molecule has 0 N–H and O–H groups in total. The Morgan fingerprint density at radius 3 is 1.77 bits per heavy atom. The van der Waals surface area contributed by atoms with Crippen molar-refractivity contribution in [3.63, 3.8) is 0 Å². The molecule has 0 saturated heterocycles. The molecule has 0 aliphatic rings. The quantitative estimate of drug-likeness (QED) is 0.222. The third kappa shape index (κ3) is 4.27. The van der Waals surface area contributed by atoms with Gasteiger partial charge in [0.1, 0.15) is 0 Å². The van der Waals surface area contributed by atoms with Crippen LogP contribution in [0.25, 0.3) is 27.7 Å². The first-order valence-electron chi connectivity index (χ1n) is 11.6. The Labute approximate surface area is 213 Å². The van der Waals surface area contributed by atoms with Gasteiger partial charge in [0.15, 0.2) is 0 Å². The summed E-state index contributed by atoms with van der Waals surface area (Å²) >= 11 is 3.52. The van der Waals surface area contributed by atoms with Crippen LogP contribution in [0.3, 0.4) is 0 Å². The van der Waals surface area contributed by atoms with E-state index in [2.05, 4.69) is 159 Å². The zero-order chi connectivity index (χ0) is 23.6. The van der Waals surface area contributed by atoms with Gasteiger partial charge in [0, 0.05) is 38.8 Å². The number of hydrogen-bond acceptors (Lipinski definition) is 1. The third-order valence-corrected chi connectivity index (χ3v) is 6.81. The van der Waals surface area contributed by atoms with E-state index < -0.39 is 0 Å². The Morgan fingerprint density at radius 1 is 0.514 bits per heavy atom. The lowest BCUT2D eigenvalue weighted by atomic mass is 10.0. The number of para-hydroxylation sites is 2. The summed E-state index contributed by atoms with van der Waals surface area (Å²) in [6.45, 7) is 0. The maximum atomic E-state index is 3.52. The van der Waals surface area contributed by atoms with Crippen molar-refractivity contribution in [2.75, 3.05) is 4.90 Å². The van der Waals surface area contributed by atoms with Gasteiger partial charge in [-0.3, -0.25) is 0 Å². The number of rotatable bonds is 5. The molecule has 0 saturated carbocycles. The zero-order valence-corrected chi connectivity index (χ0v) is 20.6. The summed E-state index contributed by atoms with van der Waals surface area (Å²) in [5.74, 6) is 0. The minimum atomic E-state index is 1.09. The summed E-state index contributed by atoms with van der Waals surface area (Å²) in [6, 6.07) is 47.1. The van der Waals surface area contributed by atoms with E-state index in [-0.39, 0.29) is 0 Å². The molecule has 3 heteroatoms. The van der Waals surface area contributed by atoms with E-state index in [9.17, 15) is 0 Å². The first-order chi connectivity index (χ1) is 17.3. The van der Waals surface area contributed by atoms with Crippen molar-refractivity contribution < 1.29 is 0 Å². The van der Waals surface area contributed by atoms with Crippen LogP contribution in [0.5, 0.6) is 0 Å². The Bertz CT molecular complexity index is 1570. The maximum Gasteiger partial charge on any atom is 0.0529 e. The molecule has 0 bridgehead atoms. The molecule has 0 aliphatic carbocycles. The fourth-order valence-corrected chi connectivity index (χ4v) is 4.82. The Kier molecular flexibility index (Phi) is 5.69. The molecule has 168 valence electrons. The second-order valence-corrected chi connectivity index (χ2v) is 9.40.